The van der Waals surface area contributed by atoms with Crippen LogP contribution in [0.25, 0.3) is 16.8 Å². The average Bonchev–Trinajstić information content (AvgIpc) is 2.88. The van der Waals surface area contributed by atoms with Gasteiger partial charge in [-0.05, 0) is 46.7 Å². The van der Waals surface area contributed by atoms with E-state index in [9.17, 15) is 0 Å². The molecule has 0 amide bonds. The molecule has 4 rings (SSSR count). The van der Waals surface area contributed by atoms with Crippen molar-refractivity contribution in [2.24, 2.45) is 0 Å². The molecule has 0 saturated heterocycles. The van der Waals surface area contributed by atoms with Crippen molar-refractivity contribution < 1.29 is 4.74 Å². The topological polar surface area (TPSA) is 9.23 Å². The molecule has 1 aliphatic heterocycles. The number of rotatable bonds is 1. The normalized spacial score (nSPS) is 15.2. The Morgan fingerprint density at radius 1 is 0.905 bits per heavy atom. The first kappa shape index (κ1) is 12.7. The smallest absolute Gasteiger partial charge is 0.130 e. The van der Waals surface area contributed by atoms with E-state index in [1.165, 1.54) is 21.9 Å². The fraction of sp³-hybridized carbons (Fsp3) is 0.0526. The van der Waals surface area contributed by atoms with E-state index in [-0.39, 0.29) is 0 Å². The highest BCUT2D eigenvalue weighted by atomic mass is 79.9. The van der Waals surface area contributed by atoms with E-state index >= 15 is 0 Å². The maximum absolute atomic E-state index is 5.92. The molecule has 0 unspecified atom stereocenters. The Labute approximate surface area is 132 Å². The van der Waals surface area contributed by atoms with Crippen LogP contribution in [0.5, 0.6) is 5.75 Å². The van der Waals surface area contributed by atoms with Gasteiger partial charge in [0.05, 0.1) is 0 Å². The first-order valence-electron chi connectivity index (χ1n) is 6.94. The summed E-state index contributed by atoms with van der Waals surface area (Å²) in [5.41, 5.74) is 2.41. The van der Waals surface area contributed by atoms with Crippen molar-refractivity contribution in [3.05, 3.63) is 82.0 Å². The number of hydrogen-bond donors (Lipinski definition) is 0. The summed E-state index contributed by atoms with van der Waals surface area (Å²) in [6.45, 7) is 0. The monoisotopic (exact) mass is 336 g/mol. The van der Waals surface area contributed by atoms with Crippen molar-refractivity contribution in [2.75, 3.05) is 0 Å². The molecule has 0 saturated carbocycles. The van der Waals surface area contributed by atoms with Crippen LogP contribution in [0.2, 0.25) is 0 Å². The zero-order valence-electron chi connectivity index (χ0n) is 11.3. The molecule has 102 valence electrons. The van der Waals surface area contributed by atoms with Gasteiger partial charge in [-0.25, -0.2) is 0 Å². The van der Waals surface area contributed by atoms with Gasteiger partial charge in [0, 0.05) is 16.5 Å². The third kappa shape index (κ3) is 2.47. The molecule has 0 fully saturated rings. The van der Waals surface area contributed by atoms with Gasteiger partial charge in [-0.3, -0.25) is 0 Å². The van der Waals surface area contributed by atoms with Gasteiger partial charge < -0.3 is 4.74 Å². The van der Waals surface area contributed by atoms with E-state index in [0.717, 1.165) is 22.4 Å². The zero-order chi connectivity index (χ0) is 14.2. The third-order valence-corrected chi connectivity index (χ3v) is 4.22. The zero-order valence-corrected chi connectivity index (χ0v) is 12.9. The lowest BCUT2D eigenvalue weighted by Crippen LogP contribution is -1.87. The summed E-state index contributed by atoms with van der Waals surface area (Å²) in [5.74, 6) is 1.96. The number of fused-ring (bicyclic) bond motifs is 2. The van der Waals surface area contributed by atoms with Crippen LogP contribution in [0, 0.1) is 0 Å². The highest BCUT2D eigenvalue weighted by Gasteiger charge is 2.17. The molecule has 3 aromatic rings. The fourth-order valence-electron chi connectivity index (χ4n) is 2.71. The highest BCUT2D eigenvalue weighted by molar-refractivity contribution is 9.10. The molecule has 21 heavy (non-hydrogen) atoms. The summed E-state index contributed by atoms with van der Waals surface area (Å²) in [7, 11) is 0. The Kier molecular flexibility index (Phi) is 3.04. The summed E-state index contributed by atoms with van der Waals surface area (Å²) in [6.07, 6.45) is 2.97. The van der Waals surface area contributed by atoms with Gasteiger partial charge in [0.2, 0.25) is 0 Å². The van der Waals surface area contributed by atoms with Gasteiger partial charge in [0.1, 0.15) is 11.5 Å². The number of hydrogen-bond acceptors (Lipinski definition) is 1. The Hall–Kier alpha value is -2.06. The van der Waals surface area contributed by atoms with E-state index in [1.807, 2.05) is 12.1 Å². The third-order valence-electron chi connectivity index (χ3n) is 3.73. The summed E-state index contributed by atoms with van der Waals surface area (Å²) >= 11 is 3.50. The lowest BCUT2D eigenvalue weighted by Gasteiger charge is -2.02. The van der Waals surface area contributed by atoms with Crippen molar-refractivity contribution in [1.29, 1.82) is 0 Å². The summed E-state index contributed by atoms with van der Waals surface area (Å²) in [4.78, 5) is 0. The summed E-state index contributed by atoms with van der Waals surface area (Å²) < 4.78 is 7.01. The Bertz CT molecular complexity index is 864. The largest absolute Gasteiger partial charge is 0.461 e. The Morgan fingerprint density at radius 3 is 2.67 bits per heavy atom. The molecule has 0 radical (unpaired) electrons. The SMILES string of the molecule is Brc1ccc2c(c1)CC(=Cc1ccc3ccccc3c1)O2. The van der Waals surface area contributed by atoms with E-state index < -0.39 is 0 Å². The van der Waals surface area contributed by atoms with Crippen molar-refractivity contribution in [1.82, 2.24) is 0 Å². The van der Waals surface area contributed by atoms with E-state index in [2.05, 4.69) is 70.5 Å². The van der Waals surface area contributed by atoms with Crippen molar-refractivity contribution in [3.63, 3.8) is 0 Å². The van der Waals surface area contributed by atoms with Crippen LogP contribution in [-0.4, -0.2) is 0 Å². The summed E-state index contributed by atoms with van der Waals surface area (Å²) in [5, 5.41) is 2.52. The lowest BCUT2D eigenvalue weighted by atomic mass is 10.1. The van der Waals surface area contributed by atoms with Crippen LogP contribution in [0.15, 0.2) is 70.9 Å². The lowest BCUT2D eigenvalue weighted by molar-refractivity contribution is 0.451. The molecule has 1 heterocycles. The minimum absolute atomic E-state index is 0.849. The van der Waals surface area contributed by atoms with Crippen LogP contribution in [-0.2, 0) is 6.42 Å². The quantitative estimate of drug-likeness (QED) is 0.563. The molecule has 0 aliphatic carbocycles. The van der Waals surface area contributed by atoms with Gasteiger partial charge in [0.25, 0.3) is 0 Å². The fourth-order valence-corrected chi connectivity index (χ4v) is 3.12. The molecule has 1 nitrogen and oxygen atoms in total. The minimum Gasteiger partial charge on any atom is -0.461 e. The number of benzene rings is 3. The molecule has 0 atom stereocenters. The molecule has 0 bridgehead atoms. The van der Waals surface area contributed by atoms with Gasteiger partial charge in [0.15, 0.2) is 0 Å². The van der Waals surface area contributed by atoms with Crippen LogP contribution >= 0.6 is 15.9 Å². The number of ether oxygens (including phenoxy) is 1. The van der Waals surface area contributed by atoms with E-state index in [1.54, 1.807) is 0 Å². The second-order valence-corrected chi connectivity index (χ2v) is 6.16. The number of allylic oxidation sites excluding steroid dienone is 1. The Balaban J connectivity index is 1.68. The standard InChI is InChI=1S/C19H13BrO/c20-17-7-8-19-16(11-17)12-18(21-19)10-13-5-6-14-3-1-2-4-15(14)9-13/h1-11H,12H2. The molecule has 1 aliphatic rings. The molecular weight excluding hydrogens is 324 g/mol. The first-order chi connectivity index (χ1) is 10.3. The van der Waals surface area contributed by atoms with Gasteiger partial charge in [-0.1, -0.05) is 52.3 Å². The van der Waals surface area contributed by atoms with Crippen LogP contribution in [0.1, 0.15) is 11.1 Å². The minimum atomic E-state index is 0.849. The maximum atomic E-state index is 5.92. The Morgan fingerprint density at radius 2 is 1.76 bits per heavy atom. The van der Waals surface area contributed by atoms with Crippen LogP contribution in [0.3, 0.4) is 0 Å². The van der Waals surface area contributed by atoms with Crippen molar-refractivity contribution in [2.45, 2.75) is 6.42 Å². The molecule has 3 aromatic carbocycles. The molecule has 0 aromatic heterocycles. The number of halogens is 1. The van der Waals surface area contributed by atoms with Crippen LogP contribution in [0.4, 0.5) is 0 Å². The van der Waals surface area contributed by atoms with Crippen LogP contribution < -0.4 is 4.74 Å². The van der Waals surface area contributed by atoms with E-state index in [4.69, 9.17) is 4.74 Å². The summed E-state index contributed by atoms with van der Waals surface area (Å²) in [6, 6.07) is 21.0. The molecule has 2 heteroatoms. The maximum Gasteiger partial charge on any atom is 0.130 e. The molecule has 0 N–H and O–H groups in total. The molecular formula is C19H13BrO. The van der Waals surface area contributed by atoms with E-state index in [0.29, 0.717) is 0 Å². The van der Waals surface area contributed by atoms with Gasteiger partial charge in [-0.2, -0.15) is 0 Å². The predicted molar refractivity (Wildman–Crippen MR) is 90.4 cm³/mol. The van der Waals surface area contributed by atoms with Crippen molar-refractivity contribution in [3.8, 4) is 5.75 Å². The van der Waals surface area contributed by atoms with Gasteiger partial charge in [-0.15, -0.1) is 0 Å². The first-order valence-corrected chi connectivity index (χ1v) is 7.73. The highest BCUT2D eigenvalue weighted by Crippen LogP contribution is 2.33. The van der Waals surface area contributed by atoms with Gasteiger partial charge >= 0.3 is 0 Å². The van der Waals surface area contributed by atoms with Crippen molar-refractivity contribution >= 4 is 32.8 Å². The predicted octanol–water partition coefficient (Wildman–Crippen LogP) is 5.58. The molecule has 0 spiro atoms. The average molecular weight is 337 g/mol. The second kappa shape index (κ2) is 5.05. The second-order valence-electron chi connectivity index (χ2n) is 5.25.